The number of carbonyl (C=O) groups excluding carboxylic acids is 2. The van der Waals surface area contributed by atoms with Gasteiger partial charge in [-0.3, -0.25) is 9.59 Å². The van der Waals surface area contributed by atoms with E-state index in [0.717, 1.165) is 32.5 Å². The van der Waals surface area contributed by atoms with Gasteiger partial charge < -0.3 is 15.5 Å². The molecule has 0 aliphatic carbocycles. The Labute approximate surface area is 170 Å². The molecule has 1 aromatic heterocycles. The first-order valence-electron chi connectivity index (χ1n) is 10.2. The lowest BCUT2D eigenvalue weighted by Gasteiger charge is -2.22. The number of benzene rings is 1. The van der Waals surface area contributed by atoms with Gasteiger partial charge in [0.25, 0.3) is 11.8 Å². The quantitative estimate of drug-likeness (QED) is 0.803. The highest BCUT2D eigenvalue weighted by molar-refractivity contribution is 6.06. The molecule has 2 fully saturated rings. The van der Waals surface area contributed by atoms with Crippen LogP contribution in [0.3, 0.4) is 0 Å². The van der Waals surface area contributed by atoms with Crippen LogP contribution in [0.15, 0.2) is 36.7 Å². The molecule has 29 heavy (non-hydrogen) atoms. The summed E-state index contributed by atoms with van der Waals surface area (Å²) in [5.41, 5.74) is 7.56. The number of hydrogen-bond donors (Lipinski definition) is 1. The number of nitrogens with zero attached hydrogens (tertiary/aromatic N) is 4. The number of aryl methyl sites for hydroxylation is 2. The maximum Gasteiger partial charge on any atom is 0.268 e. The van der Waals surface area contributed by atoms with E-state index < -0.39 is 5.91 Å². The van der Waals surface area contributed by atoms with Crippen molar-refractivity contribution in [1.82, 2.24) is 19.8 Å². The first-order valence-corrected chi connectivity index (χ1v) is 10.2. The molecule has 2 aliphatic heterocycles. The maximum absolute atomic E-state index is 13.1. The third kappa shape index (κ3) is 4.15. The Hall–Kier alpha value is -2.80. The second kappa shape index (κ2) is 8.29. The number of primary amides is 1. The minimum absolute atomic E-state index is 0.0158. The molecule has 2 amide bonds. The van der Waals surface area contributed by atoms with Crippen LogP contribution in [-0.2, 0) is 6.42 Å². The molecule has 2 aromatic rings. The standard InChI is InChI=1S/C22H27N5O2/c1-15-19(20(21(23)28)25-14-24-15)22(29)27-12-17-10-26(11-18(17)13-27)9-5-8-16-6-3-2-4-7-16/h2-4,6-7,14,17-18H,5,8-13H2,1H3,(H2,23,28). The number of hydrogen-bond acceptors (Lipinski definition) is 5. The van der Waals surface area contributed by atoms with Crippen molar-refractivity contribution in [3.8, 4) is 0 Å². The van der Waals surface area contributed by atoms with Crippen LogP contribution in [-0.4, -0.2) is 64.3 Å². The SMILES string of the molecule is Cc1ncnc(C(N)=O)c1C(=O)N1CC2CN(CCCc3ccccc3)CC2C1. The molecule has 2 unspecified atom stereocenters. The summed E-state index contributed by atoms with van der Waals surface area (Å²) in [5.74, 6) is 0.0973. The first kappa shape index (κ1) is 19.5. The number of nitrogens with two attached hydrogens (primary N) is 1. The van der Waals surface area contributed by atoms with Crippen molar-refractivity contribution >= 4 is 11.8 Å². The molecule has 3 heterocycles. The molecule has 0 saturated carbocycles. The fraction of sp³-hybridized carbons (Fsp3) is 0.455. The van der Waals surface area contributed by atoms with Gasteiger partial charge in [-0.25, -0.2) is 9.97 Å². The largest absolute Gasteiger partial charge is 0.364 e. The fourth-order valence-electron chi connectivity index (χ4n) is 4.66. The van der Waals surface area contributed by atoms with E-state index in [1.807, 2.05) is 11.0 Å². The van der Waals surface area contributed by atoms with Crippen LogP contribution in [0.2, 0.25) is 0 Å². The summed E-state index contributed by atoms with van der Waals surface area (Å²) in [7, 11) is 0. The summed E-state index contributed by atoms with van der Waals surface area (Å²) < 4.78 is 0. The highest BCUT2D eigenvalue weighted by atomic mass is 16.2. The zero-order valence-electron chi connectivity index (χ0n) is 16.8. The van der Waals surface area contributed by atoms with Crippen molar-refractivity contribution in [2.75, 3.05) is 32.7 Å². The zero-order valence-corrected chi connectivity index (χ0v) is 16.8. The minimum Gasteiger partial charge on any atom is -0.364 e. The van der Waals surface area contributed by atoms with E-state index >= 15 is 0 Å². The number of carbonyl (C=O) groups is 2. The smallest absolute Gasteiger partial charge is 0.268 e. The van der Waals surface area contributed by atoms with Crippen molar-refractivity contribution < 1.29 is 9.59 Å². The molecule has 4 rings (SSSR count). The average Bonchev–Trinajstić information content (AvgIpc) is 3.27. The molecule has 2 N–H and O–H groups in total. The van der Waals surface area contributed by atoms with E-state index in [9.17, 15) is 9.59 Å². The topological polar surface area (TPSA) is 92.4 Å². The Morgan fingerprint density at radius 3 is 2.41 bits per heavy atom. The summed E-state index contributed by atoms with van der Waals surface area (Å²) >= 11 is 0. The molecule has 2 aliphatic rings. The van der Waals surface area contributed by atoms with Gasteiger partial charge in [0.2, 0.25) is 0 Å². The number of rotatable bonds is 6. The summed E-state index contributed by atoms with van der Waals surface area (Å²) in [5, 5.41) is 0. The van der Waals surface area contributed by atoms with Gasteiger partial charge in [-0.2, -0.15) is 0 Å². The van der Waals surface area contributed by atoms with E-state index in [2.05, 4.69) is 39.1 Å². The van der Waals surface area contributed by atoms with Crippen molar-refractivity contribution in [3.63, 3.8) is 0 Å². The third-order valence-electron chi connectivity index (χ3n) is 6.12. The minimum atomic E-state index is -0.692. The first-order chi connectivity index (χ1) is 14.0. The van der Waals surface area contributed by atoms with Crippen molar-refractivity contribution in [3.05, 3.63) is 59.2 Å². The van der Waals surface area contributed by atoms with Crippen molar-refractivity contribution in [2.45, 2.75) is 19.8 Å². The molecular formula is C22H27N5O2. The second-order valence-corrected chi connectivity index (χ2v) is 8.13. The van der Waals surface area contributed by atoms with Gasteiger partial charge in [0, 0.05) is 26.2 Å². The molecule has 152 valence electrons. The van der Waals surface area contributed by atoms with Gasteiger partial charge >= 0.3 is 0 Å². The van der Waals surface area contributed by atoms with Gasteiger partial charge in [-0.1, -0.05) is 30.3 Å². The maximum atomic E-state index is 13.1. The number of amides is 2. The fourth-order valence-corrected chi connectivity index (χ4v) is 4.66. The molecule has 1 aromatic carbocycles. The zero-order chi connectivity index (χ0) is 20.4. The summed E-state index contributed by atoms with van der Waals surface area (Å²) in [6.07, 6.45) is 3.52. The number of fused-ring (bicyclic) bond motifs is 1. The number of aromatic nitrogens is 2. The van der Waals surface area contributed by atoms with E-state index in [1.54, 1.807) is 6.92 Å². The molecule has 0 bridgehead atoms. The van der Waals surface area contributed by atoms with Crippen LogP contribution in [0.5, 0.6) is 0 Å². The Bertz CT molecular complexity index is 887. The molecule has 7 nitrogen and oxygen atoms in total. The van der Waals surface area contributed by atoms with Crippen LogP contribution >= 0.6 is 0 Å². The Balaban J connectivity index is 1.32. The summed E-state index contributed by atoms with van der Waals surface area (Å²) in [4.78, 5) is 37.1. The Morgan fingerprint density at radius 1 is 1.07 bits per heavy atom. The van der Waals surface area contributed by atoms with Crippen LogP contribution < -0.4 is 5.73 Å². The normalized spacial score (nSPS) is 21.3. The predicted octanol–water partition coefficient (Wildman–Crippen LogP) is 1.52. The van der Waals surface area contributed by atoms with E-state index in [1.165, 1.54) is 11.9 Å². The monoisotopic (exact) mass is 393 g/mol. The average molecular weight is 393 g/mol. The predicted molar refractivity (Wildman–Crippen MR) is 109 cm³/mol. The van der Waals surface area contributed by atoms with Crippen molar-refractivity contribution in [2.24, 2.45) is 17.6 Å². The highest BCUT2D eigenvalue weighted by Crippen LogP contribution is 2.32. The van der Waals surface area contributed by atoms with E-state index in [4.69, 9.17) is 5.73 Å². The second-order valence-electron chi connectivity index (χ2n) is 8.13. The van der Waals surface area contributed by atoms with Crippen LogP contribution in [0, 0.1) is 18.8 Å². The Morgan fingerprint density at radius 2 is 1.76 bits per heavy atom. The van der Waals surface area contributed by atoms with Gasteiger partial charge in [0.1, 0.15) is 12.0 Å². The Kier molecular flexibility index (Phi) is 5.58. The third-order valence-corrected chi connectivity index (χ3v) is 6.12. The van der Waals surface area contributed by atoms with Gasteiger partial charge in [0.05, 0.1) is 11.3 Å². The molecule has 7 heteroatoms. The lowest BCUT2D eigenvalue weighted by molar-refractivity contribution is 0.0766. The molecule has 2 saturated heterocycles. The molecule has 0 spiro atoms. The summed E-state index contributed by atoms with van der Waals surface area (Å²) in [6.45, 7) is 6.28. The van der Waals surface area contributed by atoms with Gasteiger partial charge in [-0.05, 0) is 43.7 Å². The lowest BCUT2D eigenvalue weighted by atomic mass is 10.0. The molecular weight excluding hydrogens is 366 g/mol. The van der Waals surface area contributed by atoms with Crippen LogP contribution in [0.1, 0.15) is 38.5 Å². The van der Waals surface area contributed by atoms with Gasteiger partial charge in [-0.15, -0.1) is 0 Å². The lowest BCUT2D eigenvalue weighted by Crippen LogP contribution is -2.35. The molecule has 2 atom stereocenters. The number of likely N-dealkylation sites (tertiary alicyclic amines) is 2. The summed E-state index contributed by atoms with van der Waals surface area (Å²) in [6, 6.07) is 10.6. The van der Waals surface area contributed by atoms with Gasteiger partial charge in [0.15, 0.2) is 0 Å². The van der Waals surface area contributed by atoms with Crippen LogP contribution in [0.4, 0.5) is 0 Å². The van der Waals surface area contributed by atoms with Crippen LogP contribution in [0.25, 0.3) is 0 Å². The highest BCUT2D eigenvalue weighted by Gasteiger charge is 2.42. The van der Waals surface area contributed by atoms with Crippen molar-refractivity contribution in [1.29, 1.82) is 0 Å². The van der Waals surface area contributed by atoms with E-state index in [-0.39, 0.29) is 17.2 Å². The van der Waals surface area contributed by atoms with E-state index in [0.29, 0.717) is 30.6 Å². The molecule has 0 radical (unpaired) electrons.